The van der Waals surface area contributed by atoms with Crippen LogP contribution < -0.4 is 10.2 Å². The summed E-state index contributed by atoms with van der Waals surface area (Å²) in [7, 11) is 3.33. The number of nitrogens with zero attached hydrogens (tertiary/aromatic N) is 1. The van der Waals surface area contributed by atoms with E-state index in [9.17, 15) is 0 Å². The van der Waals surface area contributed by atoms with Crippen molar-refractivity contribution in [2.24, 2.45) is 7.05 Å². The molecule has 3 rings (SSSR count). The minimum Gasteiger partial charge on any atom is -0.496 e. The molecule has 0 spiro atoms. The molecular formula is C16H22BNO3. The average Bonchev–Trinajstić information content (AvgIpc) is 2.85. The first-order chi connectivity index (χ1) is 9.77. The van der Waals surface area contributed by atoms with Gasteiger partial charge in [0.15, 0.2) is 0 Å². The third kappa shape index (κ3) is 2.07. The largest absolute Gasteiger partial charge is 0.497 e. The highest BCUT2D eigenvalue weighted by Crippen LogP contribution is 2.37. The molecule has 112 valence electrons. The molecule has 2 heterocycles. The molecule has 1 aliphatic heterocycles. The molecule has 0 unspecified atom stereocenters. The van der Waals surface area contributed by atoms with Crippen LogP contribution in [-0.2, 0) is 16.4 Å². The van der Waals surface area contributed by atoms with Crippen LogP contribution in [0.25, 0.3) is 10.9 Å². The van der Waals surface area contributed by atoms with Gasteiger partial charge in [-0.25, -0.2) is 0 Å². The van der Waals surface area contributed by atoms with Gasteiger partial charge in [-0.1, -0.05) is 6.07 Å². The predicted molar refractivity (Wildman–Crippen MR) is 85.2 cm³/mol. The lowest BCUT2D eigenvalue weighted by Gasteiger charge is -2.32. The van der Waals surface area contributed by atoms with Crippen molar-refractivity contribution < 1.29 is 14.0 Å². The summed E-state index contributed by atoms with van der Waals surface area (Å²) in [5.41, 5.74) is 1.44. The summed E-state index contributed by atoms with van der Waals surface area (Å²) in [6.07, 6.45) is 2.06. The van der Waals surface area contributed by atoms with E-state index in [1.54, 1.807) is 7.11 Å². The fraction of sp³-hybridized carbons (Fsp3) is 0.500. The summed E-state index contributed by atoms with van der Waals surface area (Å²) in [4.78, 5) is 0. The lowest BCUT2D eigenvalue weighted by molar-refractivity contribution is 0.00578. The molecule has 0 bridgehead atoms. The van der Waals surface area contributed by atoms with Gasteiger partial charge in [-0.05, 0) is 39.8 Å². The molecule has 0 radical (unpaired) electrons. The molecule has 0 atom stereocenters. The Bertz CT molecular complexity index is 674. The topological polar surface area (TPSA) is 32.6 Å². The maximum Gasteiger partial charge on any atom is 0.497 e. The molecule has 0 amide bonds. The SMILES string of the molecule is COc1cccc2c1c(B1OC(C)(C)C(C)(C)O1)cn2C. The first kappa shape index (κ1) is 14.5. The zero-order valence-corrected chi connectivity index (χ0v) is 13.6. The second-order valence-electron chi connectivity index (χ2n) is 6.64. The van der Waals surface area contributed by atoms with E-state index in [2.05, 4.69) is 44.5 Å². The third-order valence-electron chi connectivity index (χ3n) is 4.73. The fourth-order valence-electron chi connectivity index (χ4n) is 2.77. The van der Waals surface area contributed by atoms with Gasteiger partial charge in [0.1, 0.15) is 5.75 Å². The van der Waals surface area contributed by atoms with E-state index in [-0.39, 0.29) is 18.3 Å². The van der Waals surface area contributed by atoms with E-state index >= 15 is 0 Å². The van der Waals surface area contributed by atoms with Crippen LogP contribution in [0.2, 0.25) is 0 Å². The van der Waals surface area contributed by atoms with Crippen LogP contribution in [0, 0.1) is 0 Å². The lowest BCUT2D eigenvalue weighted by atomic mass is 9.79. The zero-order chi connectivity index (χ0) is 15.4. The Morgan fingerprint density at radius 1 is 1.10 bits per heavy atom. The fourth-order valence-corrected chi connectivity index (χ4v) is 2.77. The summed E-state index contributed by atoms with van der Waals surface area (Å²) >= 11 is 0. The first-order valence-electron chi connectivity index (χ1n) is 7.24. The highest BCUT2D eigenvalue weighted by molar-refractivity contribution is 6.65. The normalized spacial score (nSPS) is 20.2. The van der Waals surface area contributed by atoms with Gasteiger partial charge in [-0.3, -0.25) is 0 Å². The number of aromatic nitrogens is 1. The molecule has 0 aliphatic carbocycles. The van der Waals surface area contributed by atoms with Gasteiger partial charge in [0.25, 0.3) is 0 Å². The van der Waals surface area contributed by atoms with Gasteiger partial charge in [0, 0.05) is 24.1 Å². The maximum atomic E-state index is 6.18. The van der Waals surface area contributed by atoms with E-state index in [0.29, 0.717) is 0 Å². The van der Waals surface area contributed by atoms with E-state index in [1.807, 2.05) is 19.2 Å². The number of ether oxygens (including phenoxy) is 1. The van der Waals surface area contributed by atoms with Crippen molar-refractivity contribution in [3.8, 4) is 5.75 Å². The van der Waals surface area contributed by atoms with Crippen LogP contribution in [0.3, 0.4) is 0 Å². The van der Waals surface area contributed by atoms with Crippen LogP contribution >= 0.6 is 0 Å². The summed E-state index contributed by atoms with van der Waals surface area (Å²) in [6, 6.07) is 6.04. The Labute approximate surface area is 126 Å². The number of aryl methyl sites for hydroxylation is 1. The summed E-state index contributed by atoms with van der Waals surface area (Å²) < 4.78 is 20.0. The van der Waals surface area contributed by atoms with Gasteiger partial charge in [-0.15, -0.1) is 0 Å². The van der Waals surface area contributed by atoms with Crippen molar-refractivity contribution in [1.29, 1.82) is 0 Å². The number of hydrogen-bond acceptors (Lipinski definition) is 3. The van der Waals surface area contributed by atoms with Crippen molar-refractivity contribution in [3.05, 3.63) is 24.4 Å². The van der Waals surface area contributed by atoms with Crippen molar-refractivity contribution in [3.63, 3.8) is 0 Å². The second-order valence-corrected chi connectivity index (χ2v) is 6.64. The number of methoxy groups -OCH3 is 1. The molecule has 21 heavy (non-hydrogen) atoms. The second kappa shape index (κ2) is 4.52. The number of hydrogen-bond donors (Lipinski definition) is 0. The van der Waals surface area contributed by atoms with E-state index in [0.717, 1.165) is 22.1 Å². The van der Waals surface area contributed by atoms with Gasteiger partial charge >= 0.3 is 7.12 Å². The number of rotatable bonds is 2. The Hall–Kier alpha value is -1.46. The number of benzene rings is 1. The summed E-state index contributed by atoms with van der Waals surface area (Å²) in [5.74, 6) is 0.845. The monoisotopic (exact) mass is 287 g/mol. The van der Waals surface area contributed by atoms with Crippen LogP contribution in [0.1, 0.15) is 27.7 Å². The highest BCUT2D eigenvalue weighted by Gasteiger charge is 2.52. The molecule has 0 N–H and O–H groups in total. The van der Waals surface area contributed by atoms with Crippen molar-refractivity contribution >= 4 is 23.5 Å². The molecule has 0 saturated carbocycles. The minimum atomic E-state index is -0.380. The molecule has 5 heteroatoms. The standard InChI is InChI=1S/C16H22BNO3/c1-15(2)16(3,4)21-17(20-15)11-10-18(5)12-8-7-9-13(19-6)14(11)12/h7-10H,1-6H3. The van der Waals surface area contributed by atoms with Crippen LogP contribution in [-0.4, -0.2) is 30.0 Å². The van der Waals surface area contributed by atoms with Crippen LogP contribution in [0.15, 0.2) is 24.4 Å². The van der Waals surface area contributed by atoms with Gasteiger partial charge in [0.2, 0.25) is 0 Å². The van der Waals surface area contributed by atoms with Crippen molar-refractivity contribution in [2.75, 3.05) is 7.11 Å². The van der Waals surface area contributed by atoms with Crippen LogP contribution in [0.5, 0.6) is 5.75 Å². The average molecular weight is 287 g/mol. The number of fused-ring (bicyclic) bond motifs is 1. The Morgan fingerprint density at radius 2 is 1.71 bits per heavy atom. The summed E-state index contributed by atoms with van der Waals surface area (Å²) in [6.45, 7) is 8.26. The van der Waals surface area contributed by atoms with Gasteiger partial charge < -0.3 is 18.6 Å². The van der Waals surface area contributed by atoms with Crippen molar-refractivity contribution in [1.82, 2.24) is 4.57 Å². The predicted octanol–water partition coefficient (Wildman–Crippen LogP) is 2.49. The summed E-state index contributed by atoms with van der Waals surface area (Å²) in [5, 5.41) is 1.06. The molecule has 1 fully saturated rings. The molecule has 4 nitrogen and oxygen atoms in total. The molecule has 1 saturated heterocycles. The quantitative estimate of drug-likeness (QED) is 0.795. The Morgan fingerprint density at radius 3 is 2.29 bits per heavy atom. The highest BCUT2D eigenvalue weighted by atomic mass is 16.7. The minimum absolute atomic E-state index is 0.345. The van der Waals surface area contributed by atoms with Crippen molar-refractivity contribution in [2.45, 2.75) is 38.9 Å². The van der Waals surface area contributed by atoms with Gasteiger partial charge in [-0.2, -0.15) is 0 Å². The molecule has 1 aliphatic rings. The maximum absolute atomic E-state index is 6.18. The van der Waals surface area contributed by atoms with E-state index in [1.165, 1.54) is 0 Å². The molecular weight excluding hydrogens is 265 g/mol. The molecule has 2 aromatic rings. The first-order valence-corrected chi connectivity index (χ1v) is 7.24. The van der Waals surface area contributed by atoms with E-state index < -0.39 is 0 Å². The van der Waals surface area contributed by atoms with Gasteiger partial charge in [0.05, 0.1) is 23.8 Å². The van der Waals surface area contributed by atoms with E-state index in [4.69, 9.17) is 14.0 Å². The Balaban J connectivity index is 2.14. The third-order valence-corrected chi connectivity index (χ3v) is 4.73. The smallest absolute Gasteiger partial charge is 0.496 e. The molecule has 1 aromatic heterocycles. The van der Waals surface area contributed by atoms with Crippen LogP contribution in [0.4, 0.5) is 0 Å². The zero-order valence-electron chi connectivity index (χ0n) is 13.6. The lowest BCUT2D eigenvalue weighted by Crippen LogP contribution is -2.41. The Kier molecular flexibility index (Phi) is 3.12. The molecule has 1 aromatic carbocycles.